The van der Waals surface area contributed by atoms with Crippen LogP contribution in [0.5, 0.6) is 0 Å². The highest BCUT2D eigenvalue weighted by Gasteiger charge is 2.25. The van der Waals surface area contributed by atoms with Crippen LogP contribution in [0.4, 0.5) is 16.2 Å². The van der Waals surface area contributed by atoms with E-state index in [1.807, 2.05) is 36.2 Å². The lowest BCUT2D eigenvalue weighted by Crippen LogP contribution is -2.47. The number of aliphatic hydroxyl groups is 1. The molecule has 140 valence electrons. The molecule has 0 unspecified atom stereocenters. The van der Waals surface area contributed by atoms with Crippen LogP contribution in [-0.2, 0) is 0 Å². The maximum absolute atomic E-state index is 12.6. The van der Waals surface area contributed by atoms with E-state index in [4.69, 9.17) is 5.11 Å². The summed E-state index contributed by atoms with van der Waals surface area (Å²) in [5, 5.41) is 12.0. The van der Waals surface area contributed by atoms with Gasteiger partial charge >= 0.3 is 6.03 Å². The highest BCUT2D eigenvalue weighted by Crippen LogP contribution is 2.25. The van der Waals surface area contributed by atoms with Crippen LogP contribution in [0.2, 0.25) is 0 Å². The highest BCUT2D eigenvalue weighted by atomic mass is 16.3. The molecule has 1 aromatic rings. The van der Waals surface area contributed by atoms with Crippen molar-refractivity contribution in [3.05, 3.63) is 24.3 Å². The third-order valence-corrected chi connectivity index (χ3v) is 5.08. The van der Waals surface area contributed by atoms with Gasteiger partial charge in [0.1, 0.15) is 0 Å². The van der Waals surface area contributed by atoms with Crippen LogP contribution in [0.3, 0.4) is 0 Å². The Hall–Kier alpha value is -1.79. The van der Waals surface area contributed by atoms with Crippen molar-refractivity contribution in [2.75, 3.05) is 57.1 Å². The molecular formula is C19H32N4O2. The SMILES string of the molecule is CCN(C)c1ccccc1NC(=O)N1CCC(N(C)CCCO)CC1. The smallest absolute Gasteiger partial charge is 0.321 e. The third kappa shape index (κ3) is 5.34. The molecule has 0 spiro atoms. The van der Waals surface area contributed by atoms with Gasteiger partial charge in [-0.15, -0.1) is 0 Å². The first-order valence-electron chi connectivity index (χ1n) is 9.24. The number of anilines is 2. The molecule has 2 rings (SSSR count). The number of urea groups is 1. The molecule has 0 aliphatic carbocycles. The predicted octanol–water partition coefficient (Wildman–Crippen LogP) is 2.45. The summed E-state index contributed by atoms with van der Waals surface area (Å²) in [4.78, 5) is 19.0. The molecule has 0 aromatic heterocycles. The Balaban J connectivity index is 1.89. The number of nitrogens with one attached hydrogen (secondary N) is 1. The van der Waals surface area contributed by atoms with Crippen molar-refractivity contribution in [2.45, 2.75) is 32.2 Å². The van der Waals surface area contributed by atoms with E-state index in [0.717, 1.165) is 56.8 Å². The fourth-order valence-electron chi connectivity index (χ4n) is 3.29. The van der Waals surface area contributed by atoms with E-state index in [9.17, 15) is 4.79 Å². The van der Waals surface area contributed by atoms with Crippen molar-refractivity contribution in [3.8, 4) is 0 Å². The number of hydrogen-bond acceptors (Lipinski definition) is 4. The summed E-state index contributed by atoms with van der Waals surface area (Å²) in [6.07, 6.45) is 2.76. The van der Waals surface area contributed by atoms with Crippen LogP contribution < -0.4 is 10.2 Å². The van der Waals surface area contributed by atoms with Crippen molar-refractivity contribution in [1.29, 1.82) is 0 Å². The average Bonchev–Trinajstić information content (AvgIpc) is 2.66. The lowest BCUT2D eigenvalue weighted by Gasteiger charge is -2.36. The van der Waals surface area contributed by atoms with E-state index in [-0.39, 0.29) is 12.6 Å². The summed E-state index contributed by atoms with van der Waals surface area (Å²) in [5.74, 6) is 0. The van der Waals surface area contributed by atoms with Gasteiger partial charge in [-0.2, -0.15) is 0 Å². The molecule has 6 heteroatoms. The summed E-state index contributed by atoms with van der Waals surface area (Å²) < 4.78 is 0. The number of rotatable bonds is 7. The van der Waals surface area contributed by atoms with Crippen LogP contribution >= 0.6 is 0 Å². The van der Waals surface area contributed by atoms with Crippen molar-refractivity contribution in [2.24, 2.45) is 0 Å². The van der Waals surface area contributed by atoms with Crippen LogP contribution in [-0.4, -0.2) is 73.9 Å². The Morgan fingerprint density at radius 3 is 2.60 bits per heavy atom. The fourth-order valence-corrected chi connectivity index (χ4v) is 3.29. The number of para-hydroxylation sites is 2. The molecular weight excluding hydrogens is 316 g/mol. The second-order valence-corrected chi connectivity index (χ2v) is 6.74. The first kappa shape index (κ1) is 19.5. The van der Waals surface area contributed by atoms with Crippen LogP contribution in [0.15, 0.2) is 24.3 Å². The summed E-state index contributed by atoms with van der Waals surface area (Å²) in [5.41, 5.74) is 1.90. The van der Waals surface area contributed by atoms with Gasteiger partial charge in [0.25, 0.3) is 0 Å². The van der Waals surface area contributed by atoms with E-state index < -0.39 is 0 Å². The average molecular weight is 348 g/mol. The van der Waals surface area contributed by atoms with Gasteiger partial charge in [0, 0.05) is 45.9 Å². The van der Waals surface area contributed by atoms with E-state index >= 15 is 0 Å². The molecule has 2 amide bonds. The standard InChI is InChI=1S/C19H32N4O2/c1-4-21(2)18-9-6-5-8-17(18)20-19(25)23-13-10-16(11-14-23)22(3)12-7-15-24/h5-6,8-9,16,24H,4,7,10-15H2,1-3H3,(H,20,25). The van der Waals surface area contributed by atoms with Crippen molar-refractivity contribution in [1.82, 2.24) is 9.80 Å². The Bertz CT molecular complexity index is 544. The maximum Gasteiger partial charge on any atom is 0.321 e. The van der Waals surface area contributed by atoms with Gasteiger partial charge in [-0.05, 0) is 45.4 Å². The molecule has 2 N–H and O–H groups in total. The third-order valence-electron chi connectivity index (χ3n) is 5.08. The van der Waals surface area contributed by atoms with Crippen molar-refractivity contribution in [3.63, 3.8) is 0 Å². The quantitative estimate of drug-likeness (QED) is 0.795. The van der Waals surface area contributed by atoms with Gasteiger partial charge < -0.3 is 25.1 Å². The van der Waals surface area contributed by atoms with Gasteiger partial charge in [0.05, 0.1) is 11.4 Å². The van der Waals surface area contributed by atoms with Crippen molar-refractivity contribution >= 4 is 17.4 Å². The Kier molecular flexibility index (Phi) is 7.52. The number of hydrogen-bond donors (Lipinski definition) is 2. The molecule has 0 atom stereocenters. The number of benzene rings is 1. The van der Waals surface area contributed by atoms with E-state index in [0.29, 0.717) is 6.04 Å². The van der Waals surface area contributed by atoms with E-state index in [1.165, 1.54) is 0 Å². The Morgan fingerprint density at radius 2 is 1.96 bits per heavy atom. The predicted molar refractivity (Wildman–Crippen MR) is 103 cm³/mol. The molecule has 6 nitrogen and oxygen atoms in total. The number of likely N-dealkylation sites (tertiary alicyclic amines) is 1. The van der Waals surface area contributed by atoms with Gasteiger partial charge in [-0.25, -0.2) is 4.79 Å². The Morgan fingerprint density at radius 1 is 1.28 bits per heavy atom. The molecule has 0 bridgehead atoms. The molecule has 0 saturated carbocycles. The van der Waals surface area contributed by atoms with Gasteiger partial charge in [0.2, 0.25) is 0 Å². The van der Waals surface area contributed by atoms with E-state index in [2.05, 4.69) is 29.1 Å². The molecule has 1 aliphatic rings. The van der Waals surface area contributed by atoms with Gasteiger partial charge in [-0.1, -0.05) is 12.1 Å². The fraction of sp³-hybridized carbons (Fsp3) is 0.632. The van der Waals surface area contributed by atoms with Gasteiger partial charge in [0.15, 0.2) is 0 Å². The maximum atomic E-state index is 12.6. The molecule has 25 heavy (non-hydrogen) atoms. The zero-order valence-electron chi connectivity index (χ0n) is 15.7. The number of piperidine rings is 1. The topological polar surface area (TPSA) is 59.1 Å². The Labute approximate surface area is 151 Å². The first-order valence-corrected chi connectivity index (χ1v) is 9.24. The molecule has 1 fully saturated rings. The second-order valence-electron chi connectivity index (χ2n) is 6.74. The zero-order chi connectivity index (χ0) is 18.2. The molecule has 1 aliphatic heterocycles. The first-order chi connectivity index (χ1) is 12.1. The lowest BCUT2D eigenvalue weighted by molar-refractivity contribution is 0.134. The number of carbonyl (C=O) groups is 1. The minimum atomic E-state index is -0.0200. The molecule has 1 aromatic carbocycles. The summed E-state index contributed by atoms with van der Waals surface area (Å²) >= 11 is 0. The molecule has 1 heterocycles. The number of amides is 2. The van der Waals surface area contributed by atoms with Crippen molar-refractivity contribution < 1.29 is 9.90 Å². The van der Waals surface area contributed by atoms with Gasteiger partial charge in [-0.3, -0.25) is 0 Å². The molecule has 1 saturated heterocycles. The normalized spacial score (nSPS) is 15.5. The van der Waals surface area contributed by atoms with Crippen LogP contribution in [0, 0.1) is 0 Å². The molecule has 0 radical (unpaired) electrons. The lowest BCUT2D eigenvalue weighted by atomic mass is 10.0. The number of carbonyl (C=O) groups excluding carboxylic acids is 1. The van der Waals surface area contributed by atoms with Crippen LogP contribution in [0.25, 0.3) is 0 Å². The second kappa shape index (κ2) is 9.63. The zero-order valence-corrected chi connectivity index (χ0v) is 15.7. The summed E-state index contributed by atoms with van der Waals surface area (Å²) in [6.45, 7) is 5.66. The largest absolute Gasteiger partial charge is 0.396 e. The highest BCUT2D eigenvalue weighted by molar-refractivity contribution is 5.93. The summed E-state index contributed by atoms with van der Waals surface area (Å²) in [7, 11) is 4.13. The number of aliphatic hydroxyl groups excluding tert-OH is 1. The number of nitrogens with zero attached hydrogens (tertiary/aromatic N) is 3. The van der Waals surface area contributed by atoms with E-state index in [1.54, 1.807) is 0 Å². The minimum Gasteiger partial charge on any atom is -0.396 e. The van der Waals surface area contributed by atoms with Crippen LogP contribution in [0.1, 0.15) is 26.2 Å². The minimum absolute atomic E-state index is 0.0200. The summed E-state index contributed by atoms with van der Waals surface area (Å²) in [6, 6.07) is 8.40. The monoisotopic (exact) mass is 348 g/mol.